The lowest BCUT2D eigenvalue weighted by molar-refractivity contribution is 0.0606. The third-order valence-corrected chi connectivity index (χ3v) is 5.48. The van der Waals surface area contributed by atoms with Gasteiger partial charge in [0.25, 0.3) is 0 Å². The molecule has 3 heteroatoms. The molecular formula is C18H30N2O. The Morgan fingerprint density at radius 3 is 2.48 bits per heavy atom. The van der Waals surface area contributed by atoms with E-state index in [9.17, 15) is 0 Å². The van der Waals surface area contributed by atoms with Gasteiger partial charge in [-0.25, -0.2) is 0 Å². The average Bonchev–Trinajstić information content (AvgIpc) is 2.96. The molecule has 118 valence electrons. The van der Waals surface area contributed by atoms with Gasteiger partial charge in [0.15, 0.2) is 0 Å². The highest BCUT2D eigenvalue weighted by Gasteiger charge is 2.35. The zero-order chi connectivity index (χ0) is 14.5. The first-order valence-corrected chi connectivity index (χ1v) is 8.80. The van der Waals surface area contributed by atoms with E-state index in [4.69, 9.17) is 4.42 Å². The van der Waals surface area contributed by atoms with Crippen molar-refractivity contribution in [1.82, 2.24) is 10.2 Å². The second-order valence-corrected chi connectivity index (χ2v) is 6.99. The number of nitrogens with one attached hydrogen (secondary N) is 1. The van der Waals surface area contributed by atoms with E-state index >= 15 is 0 Å². The van der Waals surface area contributed by atoms with Crippen molar-refractivity contribution in [2.45, 2.75) is 65.0 Å². The van der Waals surface area contributed by atoms with Gasteiger partial charge < -0.3 is 9.73 Å². The Morgan fingerprint density at radius 1 is 1.05 bits per heavy atom. The van der Waals surface area contributed by atoms with Gasteiger partial charge in [-0.15, -0.1) is 0 Å². The van der Waals surface area contributed by atoms with E-state index in [2.05, 4.69) is 29.3 Å². The fourth-order valence-electron chi connectivity index (χ4n) is 4.06. The zero-order valence-corrected chi connectivity index (χ0v) is 13.5. The molecular weight excluding hydrogens is 260 g/mol. The molecule has 0 unspecified atom stereocenters. The van der Waals surface area contributed by atoms with E-state index in [0.717, 1.165) is 31.2 Å². The summed E-state index contributed by atoms with van der Waals surface area (Å²) in [5, 5.41) is 3.31. The fraction of sp³-hybridized carbons (Fsp3) is 0.778. The summed E-state index contributed by atoms with van der Waals surface area (Å²) < 4.78 is 5.92. The van der Waals surface area contributed by atoms with Crippen LogP contribution in [0.15, 0.2) is 16.5 Å². The molecule has 1 saturated carbocycles. The van der Waals surface area contributed by atoms with Crippen molar-refractivity contribution < 1.29 is 4.42 Å². The summed E-state index contributed by atoms with van der Waals surface area (Å²) in [7, 11) is 0. The number of likely N-dealkylation sites (tertiary alicyclic amines) is 1. The van der Waals surface area contributed by atoms with E-state index < -0.39 is 0 Å². The van der Waals surface area contributed by atoms with E-state index in [0.29, 0.717) is 5.41 Å². The van der Waals surface area contributed by atoms with Gasteiger partial charge in [0.05, 0.1) is 13.1 Å². The number of nitrogens with zero attached hydrogens (tertiary/aromatic N) is 1. The Balaban J connectivity index is 1.47. The summed E-state index contributed by atoms with van der Waals surface area (Å²) in [6.45, 7) is 7.46. The van der Waals surface area contributed by atoms with Crippen LogP contribution in [0, 0.1) is 5.41 Å². The van der Waals surface area contributed by atoms with Gasteiger partial charge in [0.2, 0.25) is 0 Å². The minimum Gasteiger partial charge on any atom is -0.463 e. The molecule has 3 nitrogen and oxygen atoms in total. The normalized spacial score (nSPS) is 22.7. The predicted molar refractivity (Wildman–Crippen MR) is 86.1 cm³/mol. The Morgan fingerprint density at radius 2 is 1.76 bits per heavy atom. The number of furan rings is 1. The van der Waals surface area contributed by atoms with Gasteiger partial charge in [-0.1, -0.05) is 26.2 Å². The number of piperidine rings is 1. The van der Waals surface area contributed by atoms with Crippen LogP contribution in [0.25, 0.3) is 0 Å². The van der Waals surface area contributed by atoms with Gasteiger partial charge in [0.1, 0.15) is 11.5 Å². The Kier molecular flexibility index (Phi) is 5.02. The SMILES string of the molecule is CCNCc1ccc(CN2CCC3(CCCCC3)CC2)o1. The smallest absolute Gasteiger partial charge is 0.118 e. The van der Waals surface area contributed by atoms with Gasteiger partial charge in [0, 0.05) is 0 Å². The molecule has 1 aromatic rings. The molecule has 3 rings (SSSR count). The molecule has 0 bridgehead atoms. The van der Waals surface area contributed by atoms with Crippen LogP contribution in [-0.4, -0.2) is 24.5 Å². The molecule has 1 saturated heterocycles. The average molecular weight is 290 g/mol. The van der Waals surface area contributed by atoms with Crippen LogP contribution in [0.3, 0.4) is 0 Å². The maximum Gasteiger partial charge on any atom is 0.118 e. The van der Waals surface area contributed by atoms with Crippen LogP contribution < -0.4 is 5.32 Å². The van der Waals surface area contributed by atoms with Crippen LogP contribution in [-0.2, 0) is 13.1 Å². The lowest BCUT2D eigenvalue weighted by atomic mass is 9.68. The summed E-state index contributed by atoms with van der Waals surface area (Å²) in [6.07, 6.45) is 10.2. The highest BCUT2D eigenvalue weighted by atomic mass is 16.3. The topological polar surface area (TPSA) is 28.4 Å². The zero-order valence-electron chi connectivity index (χ0n) is 13.5. The second-order valence-electron chi connectivity index (χ2n) is 6.99. The third kappa shape index (κ3) is 3.89. The van der Waals surface area contributed by atoms with Crippen molar-refractivity contribution in [3.63, 3.8) is 0 Å². The van der Waals surface area contributed by atoms with Gasteiger partial charge >= 0.3 is 0 Å². The fourth-order valence-corrected chi connectivity index (χ4v) is 4.06. The molecule has 1 aromatic heterocycles. The van der Waals surface area contributed by atoms with Crippen molar-refractivity contribution >= 4 is 0 Å². The largest absolute Gasteiger partial charge is 0.463 e. The Hall–Kier alpha value is -0.800. The van der Waals surface area contributed by atoms with E-state index in [1.807, 2.05) is 0 Å². The second kappa shape index (κ2) is 6.97. The van der Waals surface area contributed by atoms with Gasteiger partial charge in [-0.2, -0.15) is 0 Å². The molecule has 2 fully saturated rings. The summed E-state index contributed by atoms with van der Waals surface area (Å²) in [5.74, 6) is 2.19. The predicted octanol–water partition coefficient (Wildman–Crippen LogP) is 3.94. The van der Waals surface area contributed by atoms with Crippen LogP contribution in [0.2, 0.25) is 0 Å². The number of hydrogen-bond acceptors (Lipinski definition) is 3. The van der Waals surface area contributed by atoms with Crippen molar-refractivity contribution in [2.75, 3.05) is 19.6 Å². The Bertz CT molecular complexity index is 424. The lowest BCUT2D eigenvalue weighted by Gasteiger charge is -2.44. The summed E-state index contributed by atoms with van der Waals surface area (Å²) in [5.41, 5.74) is 0.703. The molecule has 0 atom stereocenters. The summed E-state index contributed by atoms with van der Waals surface area (Å²) in [4.78, 5) is 2.58. The molecule has 2 aliphatic rings. The maximum atomic E-state index is 5.92. The Labute approximate surface area is 129 Å². The van der Waals surface area contributed by atoms with Crippen molar-refractivity contribution in [1.29, 1.82) is 0 Å². The van der Waals surface area contributed by atoms with E-state index in [1.165, 1.54) is 58.0 Å². The minimum atomic E-state index is 0.703. The molecule has 0 radical (unpaired) electrons. The van der Waals surface area contributed by atoms with E-state index in [1.54, 1.807) is 0 Å². The number of rotatable bonds is 5. The molecule has 1 aliphatic carbocycles. The van der Waals surface area contributed by atoms with Crippen LogP contribution in [0.4, 0.5) is 0 Å². The standard InChI is InChI=1S/C18H30N2O/c1-2-19-14-16-6-7-17(21-16)15-20-12-10-18(11-13-20)8-4-3-5-9-18/h6-7,19H,2-5,8-15H2,1H3. The minimum absolute atomic E-state index is 0.703. The molecule has 1 N–H and O–H groups in total. The highest BCUT2D eigenvalue weighted by Crippen LogP contribution is 2.44. The van der Waals surface area contributed by atoms with E-state index in [-0.39, 0.29) is 0 Å². The summed E-state index contributed by atoms with van der Waals surface area (Å²) >= 11 is 0. The van der Waals surface area contributed by atoms with Crippen LogP contribution in [0.5, 0.6) is 0 Å². The maximum absolute atomic E-state index is 5.92. The van der Waals surface area contributed by atoms with Crippen LogP contribution >= 0.6 is 0 Å². The van der Waals surface area contributed by atoms with Gasteiger partial charge in [-0.05, 0) is 62.9 Å². The molecule has 21 heavy (non-hydrogen) atoms. The molecule has 0 aromatic carbocycles. The first kappa shape index (κ1) is 15.1. The highest BCUT2D eigenvalue weighted by molar-refractivity contribution is 5.07. The first-order chi connectivity index (χ1) is 10.3. The van der Waals surface area contributed by atoms with Crippen molar-refractivity contribution in [3.8, 4) is 0 Å². The van der Waals surface area contributed by atoms with Gasteiger partial charge in [-0.3, -0.25) is 4.90 Å². The monoisotopic (exact) mass is 290 g/mol. The van der Waals surface area contributed by atoms with Crippen molar-refractivity contribution in [3.05, 3.63) is 23.7 Å². The molecule has 2 heterocycles. The molecule has 1 aliphatic heterocycles. The molecule has 0 amide bonds. The first-order valence-electron chi connectivity index (χ1n) is 8.80. The quantitative estimate of drug-likeness (QED) is 0.890. The molecule has 1 spiro atoms. The van der Waals surface area contributed by atoms with Crippen LogP contribution in [0.1, 0.15) is 63.4 Å². The number of hydrogen-bond donors (Lipinski definition) is 1. The third-order valence-electron chi connectivity index (χ3n) is 5.48. The lowest BCUT2D eigenvalue weighted by Crippen LogP contribution is -2.40. The van der Waals surface area contributed by atoms with Crippen molar-refractivity contribution in [2.24, 2.45) is 5.41 Å². The summed E-state index contributed by atoms with van der Waals surface area (Å²) in [6, 6.07) is 4.27.